The Morgan fingerprint density at radius 1 is 1.65 bits per heavy atom. The van der Waals surface area contributed by atoms with Gasteiger partial charge >= 0.3 is 0 Å². The van der Waals surface area contributed by atoms with E-state index in [-0.39, 0.29) is 5.84 Å². The Labute approximate surface area is 120 Å². The van der Waals surface area contributed by atoms with Gasteiger partial charge in [-0.25, -0.2) is 8.78 Å². The predicted molar refractivity (Wildman–Crippen MR) is 73.7 cm³/mol. The quantitative estimate of drug-likeness (QED) is 0.348. The van der Waals surface area contributed by atoms with Crippen molar-refractivity contribution in [3.8, 4) is 0 Å². The molecule has 0 aromatic rings. The van der Waals surface area contributed by atoms with Gasteiger partial charge in [-0.3, -0.25) is 4.99 Å². The van der Waals surface area contributed by atoms with Gasteiger partial charge in [0.1, 0.15) is 24.7 Å². The fourth-order valence-electron chi connectivity index (χ4n) is 1.82. The maximum Gasteiger partial charge on any atom is 0.211 e. The molecule has 1 fully saturated rings. The molecule has 20 heavy (non-hydrogen) atoms. The van der Waals surface area contributed by atoms with Crippen LogP contribution in [0.2, 0.25) is 0 Å². The van der Waals surface area contributed by atoms with E-state index in [1.807, 2.05) is 0 Å². The fourth-order valence-corrected chi connectivity index (χ4v) is 2.00. The van der Waals surface area contributed by atoms with Crippen molar-refractivity contribution in [2.24, 2.45) is 10.7 Å². The Morgan fingerprint density at radius 3 is 2.75 bits per heavy atom. The van der Waals surface area contributed by atoms with Crippen molar-refractivity contribution in [1.82, 2.24) is 4.90 Å². The molecule has 0 saturated carbocycles. The molecule has 0 amide bonds. The fraction of sp³-hybridized carbons (Fsp3) is 0.636. The number of aliphatic hydroxyl groups is 2. The normalized spacial score (nSPS) is 34.6. The minimum absolute atomic E-state index is 0.147. The zero-order valence-electron chi connectivity index (χ0n) is 10.8. The molecule has 6 nitrogen and oxygen atoms in total. The van der Waals surface area contributed by atoms with Crippen LogP contribution in [0.25, 0.3) is 0 Å². The van der Waals surface area contributed by atoms with Gasteiger partial charge in [-0.1, -0.05) is 12.2 Å². The molecule has 0 aromatic carbocycles. The van der Waals surface area contributed by atoms with E-state index in [9.17, 15) is 13.9 Å². The average molecular weight is 309 g/mol. The number of halogens is 2. The first kappa shape index (κ1) is 16.9. The van der Waals surface area contributed by atoms with Crippen LogP contribution in [-0.4, -0.2) is 70.9 Å². The first-order valence-corrected chi connectivity index (χ1v) is 6.24. The third-order valence-corrected chi connectivity index (χ3v) is 3.25. The largest absolute Gasteiger partial charge is 0.394 e. The SMILES string of the molecule is CN=C(N)/C=C\N(C=S)C1OC(CO)C(O)C1(F)CF. The molecule has 0 radical (unpaired) electrons. The summed E-state index contributed by atoms with van der Waals surface area (Å²) in [6, 6.07) is 0. The van der Waals surface area contributed by atoms with Crippen LogP contribution in [0.1, 0.15) is 0 Å². The number of aliphatic hydroxyl groups excluding tert-OH is 2. The van der Waals surface area contributed by atoms with Crippen molar-refractivity contribution in [1.29, 1.82) is 0 Å². The van der Waals surface area contributed by atoms with Gasteiger partial charge in [0, 0.05) is 13.2 Å². The van der Waals surface area contributed by atoms with Crippen molar-refractivity contribution in [3.63, 3.8) is 0 Å². The van der Waals surface area contributed by atoms with Crippen molar-refractivity contribution < 1.29 is 23.7 Å². The number of amidine groups is 1. The second kappa shape index (κ2) is 7.02. The second-order valence-electron chi connectivity index (χ2n) is 4.23. The van der Waals surface area contributed by atoms with Crippen LogP contribution in [0.4, 0.5) is 8.78 Å². The van der Waals surface area contributed by atoms with Gasteiger partial charge in [0.2, 0.25) is 5.67 Å². The highest BCUT2D eigenvalue weighted by Crippen LogP contribution is 2.37. The Bertz CT molecular complexity index is 410. The van der Waals surface area contributed by atoms with Gasteiger partial charge < -0.3 is 25.6 Å². The summed E-state index contributed by atoms with van der Waals surface area (Å²) in [4.78, 5) is 4.71. The molecular formula is C11H17F2N3O3S. The summed E-state index contributed by atoms with van der Waals surface area (Å²) >= 11 is 4.72. The number of hydrogen-bond acceptors (Lipinski definition) is 5. The average Bonchev–Trinajstić information content (AvgIpc) is 2.72. The van der Waals surface area contributed by atoms with E-state index in [4.69, 9.17) is 27.8 Å². The third-order valence-electron chi connectivity index (χ3n) is 3.01. The lowest BCUT2D eigenvalue weighted by Gasteiger charge is -2.31. The summed E-state index contributed by atoms with van der Waals surface area (Å²) in [5, 5.41) is 18.7. The van der Waals surface area contributed by atoms with Crippen LogP contribution < -0.4 is 5.73 Å². The van der Waals surface area contributed by atoms with Crippen LogP contribution in [0.3, 0.4) is 0 Å². The van der Waals surface area contributed by atoms with E-state index in [2.05, 4.69) is 4.99 Å². The summed E-state index contributed by atoms with van der Waals surface area (Å²) in [6.07, 6.45) is -1.95. The van der Waals surface area contributed by atoms with Crippen molar-refractivity contribution in [2.75, 3.05) is 20.3 Å². The molecular weight excluding hydrogens is 292 g/mol. The van der Waals surface area contributed by atoms with Gasteiger partial charge in [-0.2, -0.15) is 0 Å². The summed E-state index contributed by atoms with van der Waals surface area (Å²) in [5.74, 6) is 0.147. The highest BCUT2D eigenvalue weighted by atomic mass is 32.1. The molecule has 114 valence electrons. The number of aliphatic imine (C=N–C) groups is 1. The molecule has 4 N–H and O–H groups in total. The van der Waals surface area contributed by atoms with Crippen LogP contribution in [-0.2, 0) is 4.74 Å². The molecule has 4 atom stereocenters. The Balaban J connectivity index is 3.01. The molecule has 0 aromatic heterocycles. The summed E-state index contributed by atoms with van der Waals surface area (Å²) < 4.78 is 32.7. The minimum atomic E-state index is -2.70. The standard InChI is InChI=1S/C11H17F2N3O3S/c1-15-8(14)2-3-16(6-20)10-11(13,5-12)9(18)7(4-17)19-10/h2-3,6-7,9-10,17-18H,4-5H2,1H3,(H2,14,15)/b3-2-. The van der Waals surface area contributed by atoms with Crippen molar-refractivity contribution in [3.05, 3.63) is 12.3 Å². The maximum absolute atomic E-state index is 14.5. The molecule has 1 rings (SSSR count). The number of nitrogens with zero attached hydrogens (tertiary/aromatic N) is 2. The summed E-state index contributed by atoms with van der Waals surface area (Å²) in [6.45, 7) is -2.13. The Morgan fingerprint density at radius 2 is 2.30 bits per heavy atom. The van der Waals surface area contributed by atoms with Gasteiger partial charge in [0.15, 0.2) is 6.23 Å². The van der Waals surface area contributed by atoms with E-state index in [1.165, 1.54) is 19.3 Å². The molecule has 1 saturated heterocycles. The van der Waals surface area contributed by atoms with Crippen molar-refractivity contribution in [2.45, 2.75) is 24.1 Å². The highest BCUT2D eigenvalue weighted by Gasteiger charge is 2.59. The van der Waals surface area contributed by atoms with Gasteiger partial charge in [0.05, 0.1) is 12.1 Å². The van der Waals surface area contributed by atoms with E-state index in [0.29, 0.717) is 0 Å². The lowest BCUT2D eigenvalue weighted by molar-refractivity contribution is -0.0743. The highest BCUT2D eigenvalue weighted by molar-refractivity contribution is 7.78. The molecule has 4 unspecified atom stereocenters. The number of nitrogens with two attached hydrogens (primary N) is 1. The predicted octanol–water partition coefficient (Wildman–Crippen LogP) is -0.498. The van der Waals surface area contributed by atoms with Gasteiger partial charge in [-0.15, -0.1) is 0 Å². The molecule has 9 heteroatoms. The van der Waals surface area contributed by atoms with Gasteiger partial charge in [-0.05, 0) is 6.08 Å². The smallest absolute Gasteiger partial charge is 0.211 e. The van der Waals surface area contributed by atoms with Crippen LogP contribution in [0.15, 0.2) is 17.3 Å². The molecule has 0 bridgehead atoms. The van der Waals surface area contributed by atoms with Gasteiger partial charge in [0.25, 0.3) is 0 Å². The molecule has 0 spiro atoms. The van der Waals surface area contributed by atoms with Crippen LogP contribution in [0, 0.1) is 0 Å². The van der Waals surface area contributed by atoms with E-state index in [1.54, 1.807) is 0 Å². The monoisotopic (exact) mass is 309 g/mol. The van der Waals surface area contributed by atoms with E-state index in [0.717, 1.165) is 10.4 Å². The molecule has 1 aliphatic rings. The first-order chi connectivity index (χ1) is 9.44. The zero-order chi connectivity index (χ0) is 15.3. The second-order valence-corrected chi connectivity index (χ2v) is 4.44. The van der Waals surface area contributed by atoms with E-state index >= 15 is 0 Å². The van der Waals surface area contributed by atoms with Crippen LogP contribution >= 0.6 is 12.2 Å². The van der Waals surface area contributed by atoms with Crippen molar-refractivity contribution >= 4 is 23.5 Å². The number of alkyl halides is 2. The maximum atomic E-state index is 14.5. The minimum Gasteiger partial charge on any atom is -0.394 e. The Hall–Kier alpha value is -1.16. The number of rotatable bonds is 6. The Kier molecular flexibility index (Phi) is 5.93. The zero-order valence-corrected chi connectivity index (χ0v) is 11.6. The third kappa shape index (κ3) is 3.11. The molecule has 1 heterocycles. The number of ether oxygens (including phenoxy) is 1. The number of thiocarbonyl (C=S) groups is 1. The topological polar surface area (TPSA) is 91.3 Å². The van der Waals surface area contributed by atoms with Crippen LogP contribution in [0.5, 0.6) is 0 Å². The number of hydrogen-bond donors (Lipinski definition) is 3. The summed E-state index contributed by atoms with van der Waals surface area (Å²) in [7, 11) is 1.46. The lowest BCUT2D eigenvalue weighted by atomic mass is 9.97. The molecule has 1 aliphatic heterocycles. The summed E-state index contributed by atoms with van der Waals surface area (Å²) in [5.41, 5.74) is 3.77. The van der Waals surface area contributed by atoms with E-state index < -0.39 is 37.4 Å². The molecule has 0 aliphatic carbocycles. The first-order valence-electron chi connectivity index (χ1n) is 5.77. The lowest BCUT2D eigenvalue weighted by Crippen LogP contribution is -2.52.